The van der Waals surface area contributed by atoms with Crippen LogP contribution in [0.4, 0.5) is 13.2 Å². The largest absolute Gasteiger partial charge is 0.402 e. The third-order valence-electron chi connectivity index (χ3n) is 2.50. The van der Waals surface area contributed by atoms with Gasteiger partial charge in [-0.15, -0.1) is 0 Å². The molecule has 0 bridgehead atoms. The van der Waals surface area contributed by atoms with E-state index >= 15 is 0 Å². The van der Waals surface area contributed by atoms with Crippen molar-refractivity contribution in [2.24, 2.45) is 0 Å². The highest BCUT2D eigenvalue weighted by atomic mass is 32.1. The number of alkyl halides is 3. The van der Waals surface area contributed by atoms with Crippen LogP contribution in [-0.2, 0) is 6.42 Å². The van der Waals surface area contributed by atoms with Gasteiger partial charge < -0.3 is 0 Å². The van der Waals surface area contributed by atoms with Gasteiger partial charge in [-0.05, 0) is 25.8 Å². The SMILES string of the molecule is Cc1ccc(CC(C)N(S)CC(F)(F)F)cc1. The molecule has 0 radical (unpaired) electrons. The summed E-state index contributed by atoms with van der Waals surface area (Å²) in [6, 6.07) is 7.51. The maximum absolute atomic E-state index is 12.2. The second kappa shape index (κ2) is 5.78. The molecule has 1 unspecified atom stereocenters. The molecule has 17 heavy (non-hydrogen) atoms. The minimum absolute atomic E-state index is 0.261. The van der Waals surface area contributed by atoms with Crippen molar-refractivity contribution in [2.75, 3.05) is 6.54 Å². The van der Waals surface area contributed by atoms with E-state index in [2.05, 4.69) is 12.8 Å². The van der Waals surface area contributed by atoms with Crippen LogP contribution in [0.3, 0.4) is 0 Å². The molecule has 0 saturated carbocycles. The van der Waals surface area contributed by atoms with Gasteiger partial charge in [-0.25, -0.2) is 4.31 Å². The van der Waals surface area contributed by atoms with E-state index in [1.165, 1.54) is 0 Å². The summed E-state index contributed by atoms with van der Waals surface area (Å²) in [5.41, 5.74) is 2.16. The lowest BCUT2D eigenvalue weighted by atomic mass is 10.1. The van der Waals surface area contributed by atoms with Gasteiger partial charge in [0.2, 0.25) is 0 Å². The van der Waals surface area contributed by atoms with E-state index in [4.69, 9.17) is 0 Å². The first-order chi connectivity index (χ1) is 7.78. The van der Waals surface area contributed by atoms with Crippen molar-refractivity contribution in [2.45, 2.75) is 32.5 Å². The number of nitrogens with zero attached hydrogens (tertiary/aromatic N) is 1. The van der Waals surface area contributed by atoms with Crippen LogP contribution < -0.4 is 0 Å². The van der Waals surface area contributed by atoms with Crippen molar-refractivity contribution >= 4 is 12.8 Å². The van der Waals surface area contributed by atoms with Gasteiger partial charge in [0.15, 0.2) is 0 Å². The van der Waals surface area contributed by atoms with Crippen LogP contribution in [-0.4, -0.2) is 23.1 Å². The van der Waals surface area contributed by atoms with E-state index in [-0.39, 0.29) is 6.04 Å². The van der Waals surface area contributed by atoms with Gasteiger partial charge in [-0.1, -0.05) is 42.6 Å². The molecule has 0 saturated heterocycles. The molecule has 0 spiro atoms. The van der Waals surface area contributed by atoms with Crippen molar-refractivity contribution in [3.05, 3.63) is 35.4 Å². The Morgan fingerprint density at radius 2 is 1.76 bits per heavy atom. The third-order valence-corrected chi connectivity index (χ3v) is 3.04. The van der Waals surface area contributed by atoms with E-state index in [1.54, 1.807) is 6.92 Å². The molecule has 0 aliphatic rings. The van der Waals surface area contributed by atoms with Crippen LogP contribution in [0.5, 0.6) is 0 Å². The van der Waals surface area contributed by atoms with Gasteiger partial charge >= 0.3 is 6.18 Å². The zero-order chi connectivity index (χ0) is 13.1. The molecule has 0 aliphatic heterocycles. The smallest absolute Gasteiger partial charge is 0.241 e. The van der Waals surface area contributed by atoms with E-state index in [0.29, 0.717) is 6.42 Å². The second-order valence-electron chi connectivity index (χ2n) is 4.25. The molecular weight excluding hydrogens is 247 g/mol. The Hall–Kier alpha value is -0.680. The molecule has 0 N–H and O–H groups in total. The van der Waals surface area contributed by atoms with E-state index in [1.807, 2.05) is 31.2 Å². The minimum atomic E-state index is -4.21. The fourth-order valence-electron chi connectivity index (χ4n) is 1.51. The fraction of sp³-hybridized carbons (Fsp3) is 0.500. The number of thiol groups is 1. The fourth-order valence-corrected chi connectivity index (χ4v) is 1.75. The monoisotopic (exact) mass is 263 g/mol. The number of halogens is 3. The third kappa shape index (κ3) is 5.46. The predicted octanol–water partition coefficient (Wildman–Crippen LogP) is 3.64. The summed E-state index contributed by atoms with van der Waals surface area (Å²) in [6.07, 6.45) is -3.65. The Kier molecular flexibility index (Phi) is 4.89. The highest BCUT2D eigenvalue weighted by Gasteiger charge is 2.31. The normalized spacial score (nSPS) is 14.1. The summed E-state index contributed by atoms with van der Waals surface area (Å²) in [6.45, 7) is 2.71. The summed E-state index contributed by atoms with van der Waals surface area (Å²) in [5.74, 6) is 0. The van der Waals surface area contributed by atoms with Crippen molar-refractivity contribution in [1.82, 2.24) is 4.31 Å². The standard InChI is InChI=1S/C12H16F3NS/c1-9-3-5-11(6-4-9)7-10(2)16(17)8-12(13,14)15/h3-6,10,17H,7-8H2,1-2H3. The number of rotatable bonds is 4. The first-order valence-electron chi connectivity index (χ1n) is 5.36. The molecule has 1 aromatic carbocycles. The summed E-state index contributed by atoms with van der Waals surface area (Å²) >= 11 is 3.88. The Morgan fingerprint density at radius 3 is 2.24 bits per heavy atom. The molecule has 1 nitrogen and oxygen atoms in total. The number of hydrogen-bond acceptors (Lipinski definition) is 2. The summed E-state index contributed by atoms with van der Waals surface area (Å²) < 4.78 is 37.5. The predicted molar refractivity (Wildman–Crippen MR) is 66.1 cm³/mol. The lowest BCUT2D eigenvalue weighted by molar-refractivity contribution is -0.137. The summed E-state index contributed by atoms with van der Waals surface area (Å²) in [4.78, 5) is 0. The van der Waals surface area contributed by atoms with E-state index in [0.717, 1.165) is 15.4 Å². The molecular formula is C12H16F3NS. The zero-order valence-corrected chi connectivity index (χ0v) is 10.7. The van der Waals surface area contributed by atoms with Crippen molar-refractivity contribution in [3.8, 4) is 0 Å². The van der Waals surface area contributed by atoms with Crippen LogP contribution in [0, 0.1) is 6.92 Å². The van der Waals surface area contributed by atoms with Crippen LogP contribution in [0.1, 0.15) is 18.1 Å². The first kappa shape index (κ1) is 14.4. The van der Waals surface area contributed by atoms with Gasteiger partial charge in [0, 0.05) is 6.04 Å². The second-order valence-corrected chi connectivity index (χ2v) is 4.77. The van der Waals surface area contributed by atoms with Gasteiger partial charge in [-0.3, -0.25) is 0 Å². The Morgan fingerprint density at radius 1 is 1.24 bits per heavy atom. The molecule has 5 heteroatoms. The lowest BCUT2D eigenvalue weighted by Gasteiger charge is -2.24. The molecule has 0 aliphatic carbocycles. The van der Waals surface area contributed by atoms with Gasteiger partial charge in [0.25, 0.3) is 0 Å². The molecule has 0 heterocycles. The van der Waals surface area contributed by atoms with E-state index < -0.39 is 12.7 Å². The Labute approximate surface area is 105 Å². The topological polar surface area (TPSA) is 3.24 Å². The lowest BCUT2D eigenvalue weighted by Crippen LogP contribution is -2.34. The van der Waals surface area contributed by atoms with Gasteiger partial charge in [0.1, 0.15) is 6.54 Å². The van der Waals surface area contributed by atoms with Crippen LogP contribution in [0.25, 0.3) is 0 Å². The van der Waals surface area contributed by atoms with Crippen molar-refractivity contribution in [3.63, 3.8) is 0 Å². The molecule has 0 aromatic heterocycles. The Bertz CT molecular complexity index is 348. The van der Waals surface area contributed by atoms with Gasteiger partial charge in [-0.2, -0.15) is 13.2 Å². The molecule has 1 atom stereocenters. The minimum Gasteiger partial charge on any atom is -0.241 e. The summed E-state index contributed by atoms with van der Waals surface area (Å²) in [7, 11) is 0. The Balaban J connectivity index is 2.54. The number of hydrogen-bond donors (Lipinski definition) is 1. The average Bonchev–Trinajstić information content (AvgIpc) is 2.19. The molecule has 96 valence electrons. The maximum atomic E-state index is 12.2. The van der Waals surface area contributed by atoms with Gasteiger partial charge in [0.05, 0.1) is 0 Å². The van der Waals surface area contributed by atoms with Crippen LogP contribution >= 0.6 is 12.8 Å². The van der Waals surface area contributed by atoms with Crippen molar-refractivity contribution < 1.29 is 13.2 Å². The van der Waals surface area contributed by atoms with Crippen LogP contribution in [0.15, 0.2) is 24.3 Å². The van der Waals surface area contributed by atoms with E-state index in [9.17, 15) is 13.2 Å². The van der Waals surface area contributed by atoms with Crippen LogP contribution in [0.2, 0.25) is 0 Å². The zero-order valence-electron chi connectivity index (χ0n) is 9.83. The maximum Gasteiger partial charge on any atom is 0.402 e. The molecule has 0 amide bonds. The highest BCUT2D eigenvalue weighted by Crippen LogP contribution is 2.20. The molecule has 1 rings (SSSR count). The number of benzene rings is 1. The number of aryl methyl sites for hydroxylation is 1. The first-order valence-corrected chi connectivity index (χ1v) is 5.76. The quantitative estimate of drug-likeness (QED) is 0.812. The highest BCUT2D eigenvalue weighted by molar-refractivity contribution is 7.77. The molecule has 1 aromatic rings. The summed E-state index contributed by atoms with van der Waals surface area (Å²) in [5, 5.41) is 0. The molecule has 0 fully saturated rings. The average molecular weight is 263 g/mol. The van der Waals surface area contributed by atoms with Crippen molar-refractivity contribution in [1.29, 1.82) is 0 Å².